The first kappa shape index (κ1) is 13.2. The Hall–Kier alpha value is -0.490. The third-order valence-corrected chi connectivity index (χ3v) is 7.77. The zero-order chi connectivity index (χ0) is 14.8. The zero-order valence-electron chi connectivity index (χ0n) is 12.1. The van der Waals surface area contributed by atoms with Gasteiger partial charge < -0.3 is 20.1 Å². The summed E-state index contributed by atoms with van der Waals surface area (Å²) in [5.41, 5.74) is -4.25. The number of aliphatic hydroxyl groups excluding tert-OH is 1. The van der Waals surface area contributed by atoms with Crippen LogP contribution in [0.1, 0.15) is 40.0 Å². The van der Waals surface area contributed by atoms with Crippen LogP contribution in [0.3, 0.4) is 0 Å². The second kappa shape index (κ2) is 3.00. The van der Waals surface area contributed by atoms with Crippen LogP contribution in [-0.4, -0.2) is 45.2 Å². The molecule has 3 unspecified atom stereocenters. The van der Waals surface area contributed by atoms with Gasteiger partial charge in [0.25, 0.3) is 0 Å². The van der Waals surface area contributed by atoms with E-state index < -0.39 is 33.7 Å². The van der Waals surface area contributed by atoms with E-state index in [0.29, 0.717) is 6.42 Å². The highest BCUT2D eigenvalue weighted by molar-refractivity contribution is 5.91. The summed E-state index contributed by atoms with van der Waals surface area (Å²) in [5.74, 6) is -1.99. The molecule has 1 aliphatic heterocycles. The van der Waals surface area contributed by atoms with Gasteiger partial charge in [0, 0.05) is 17.3 Å². The van der Waals surface area contributed by atoms with Gasteiger partial charge in [-0.15, -0.1) is 0 Å². The average molecular weight is 282 g/mol. The molecule has 0 amide bonds. The van der Waals surface area contributed by atoms with Crippen LogP contribution in [0.25, 0.3) is 0 Å². The van der Waals surface area contributed by atoms with Crippen molar-refractivity contribution in [3.05, 3.63) is 0 Å². The minimum atomic E-state index is -1.87. The van der Waals surface area contributed by atoms with E-state index in [-0.39, 0.29) is 24.7 Å². The maximum atomic E-state index is 12.8. The van der Waals surface area contributed by atoms with Gasteiger partial charge in [-0.3, -0.25) is 4.79 Å². The minimum absolute atomic E-state index is 0.0242. The van der Waals surface area contributed by atoms with Crippen molar-refractivity contribution in [3.8, 4) is 0 Å². The molecule has 1 heterocycles. The first-order valence-electron chi connectivity index (χ1n) is 7.42. The lowest BCUT2D eigenvalue weighted by Crippen LogP contribution is -2.83. The SMILES string of the molecule is C[C@H]1CCC2(O)C3(C)CO[C@]4(O)[C@H](O)[C@]12CC(=O)C34C. The summed E-state index contributed by atoms with van der Waals surface area (Å²) in [6.07, 6.45) is 0.201. The van der Waals surface area contributed by atoms with Gasteiger partial charge >= 0.3 is 0 Å². The van der Waals surface area contributed by atoms with Crippen LogP contribution in [0.4, 0.5) is 0 Å². The van der Waals surface area contributed by atoms with Gasteiger partial charge in [-0.05, 0) is 25.7 Å². The number of Topliss-reactive ketones (excluding diaryl/α,β-unsaturated/α-hetero) is 1. The molecule has 3 N–H and O–H groups in total. The number of carbonyl (C=O) groups is 1. The molecule has 5 rings (SSSR count). The molecule has 0 aromatic rings. The topological polar surface area (TPSA) is 87.0 Å². The van der Waals surface area contributed by atoms with Crippen molar-refractivity contribution in [2.75, 3.05) is 6.61 Å². The summed E-state index contributed by atoms with van der Waals surface area (Å²) in [6.45, 7) is 5.54. The van der Waals surface area contributed by atoms with Crippen LogP contribution < -0.4 is 0 Å². The minimum Gasteiger partial charge on any atom is -0.388 e. The Kier molecular flexibility index (Phi) is 1.98. The van der Waals surface area contributed by atoms with E-state index in [1.54, 1.807) is 6.92 Å². The van der Waals surface area contributed by atoms with Gasteiger partial charge in [0.05, 0.1) is 17.6 Å². The summed E-state index contributed by atoms with van der Waals surface area (Å²) in [7, 11) is 0. The third kappa shape index (κ3) is 0.794. The highest BCUT2D eigenvalue weighted by Crippen LogP contribution is 2.79. The van der Waals surface area contributed by atoms with Crippen molar-refractivity contribution in [1.29, 1.82) is 0 Å². The quantitative estimate of drug-likeness (QED) is 0.591. The second-order valence-corrected chi connectivity index (χ2v) is 7.79. The monoisotopic (exact) mass is 282 g/mol. The van der Waals surface area contributed by atoms with E-state index in [9.17, 15) is 20.1 Å². The van der Waals surface area contributed by atoms with Crippen molar-refractivity contribution in [2.24, 2.45) is 22.2 Å². The fourth-order valence-corrected chi connectivity index (χ4v) is 6.15. The van der Waals surface area contributed by atoms with E-state index >= 15 is 0 Å². The standard InChI is InChI=1S/C15H22O5/c1-8-4-5-14(18)11(2)7-20-15(19)10(17)13(8,14)6-9(16)12(11,15)3/h8,10,17-19H,4-7H2,1-3H3/t8-,10+,11?,12?,13-,14?,15+/m0/s1. The van der Waals surface area contributed by atoms with Crippen molar-refractivity contribution < 1.29 is 24.9 Å². The Balaban J connectivity index is 2.10. The molecule has 4 aliphatic carbocycles. The summed E-state index contributed by atoms with van der Waals surface area (Å²) in [4.78, 5) is 12.8. The predicted octanol–water partition coefficient (Wildman–Crippen LogP) is 0.212. The summed E-state index contributed by atoms with van der Waals surface area (Å²) in [6, 6.07) is 0. The third-order valence-electron chi connectivity index (χ3n) is 7.77. The average Bonchev–Trinajstić information content (AvgIpc) is 2.77. The van der Waals surface area contributed by atoms with Crippen LogP contribution in [-0.2, 0) is 9.53 Å². The van der Waals surface area contributed by atoms with Crippen LogP contribution in [0.15, 0.2) is 0 Å². The van der Waals surface area contributed by atoms with Crippen LogP contribution in [0.5, 0.6) is 0 Å². The Bertz CT molecular complexity index is 534. The smallest absolute Gasteiger partial charge is 0.206 e. The molecule has 0 aromatic carbocycles. The molecule has 0 aromatic heterocycles. The molecular weight excluding hydrogens is 260 g/mol. The molecular formula is C15H22O5. The normalized spacial score (nSPS) is 67.6. The van der Waals surface area contributed by atoms with Crippen LogP contribution in [0.2, 0.25) is 0 Å². The summed E-state index contributed by atoms with van der Waals surface area (Å²) < 4.78 is 5.56. The second-order valence-electron chi connectivity index (χ2n) is 7.79. The van der Waals surface area contributed by atoms with E-state index in [0.717, 1.165) is 6.42 Å². The largest absolute Gasteiger partial charge is 0.388 e. The number of rotatable bonds is 0. The molecule has 7 atom stereocenters. The van der Waals surface area contributed by atoms with Gasteiger partial charge in [0.15, 0.2) is 0 Å². The lowest BCUT2D eigenvalue weighted by molar-refractivity contribution is -0.368. The number of ether oxygens (including phenoxy) is 1. The number of hydrogen-bond acceptors (Lipinski definition) is 5. The molecule has 4 bridgehead atoms. The molecule has 5 heteroatoms. The number of hydrogen-bond donors (Lipinski definition) is 3. The van der Waals surface area contributed by atoms with Crippen LogP contribution >= 0.6 is 0 Å². The first-order chi connectivity index (χ1) is 9.12. The van der Waals surface area contributed by atoms with E-state index in [4.69, 9.17) is 4.74 Å². The lowest BCUT2D eigenvalue weighted by atomic mass is 9.35. The summed E-state index contributed by atoms with van der Waals surface area (Å²) in [5, 5.41) is 33.3. The molecule has 5 fully saturated rings. The maximum absolute atomic E-state index is 12.8. The number of ketones is 1. The highest BCUT2D eigenvalue weighted by Gasteiger charge is 2.91. The maximum Gasteiger partial charge on any atom is 0.206 e. The Morgan fingerprint density at radius 2 is 1.95 bits per heavy atom. The molecule has 5 aliphatic rings. The molecule has 5 nitrogen and oxygen atoms in total. The van der Waals surface area contributed by atoms with E-state index in [2.05, 4.69) is 0 Å². The van der Waals surface area contributed by atoms with Crippen molar-refractivity contribution >= 4 is 5.78 Å². The van der Waals surface area contributed by atoms with E-state index in [1.165, 1.54) is 0 Å². The fraction of sp³-hybridized carbons (Fsp3) is 0.933. The van der Waals surface area contributed by atoms with Gasteiger partial charge in [0.2, 0.25) is 5.79 Å². The Morgan fingerprint density at radius 3 is 2.60 bits per heavy atom. The zero-order valence-corrected chi connectivity index (χ0v) is 12.1. The molecule has 4 saturated carbocycles. The molecule has 20 heavy (non-hydrogen) atoms. The first-order valence-corrected chi connectivity index (χ1v) is 7.42. The molecule has 1 saturated heterocycles. The van der Waals surface area contributed by atoms with Gasteiger partial charge in [-0.2, -0.15) is 0 Å². The van der Waals surface area contributed by atoms with Gasteiger partial charge in [-0.1, -0.05) is 13.8 Å². The summed E-state index contributed by atoms with van der Waals surface area (Å²) >= 11 is 0. The molecule has 112 valence electrons. The molecule has 1 spiro atoms. The van der Waals surface area contributed by atoms with Crippen molar-refractivity contribution in [1.82, 2.24) is 0 Å². The van der Waals surface area contributed by atoms with Gasteiger partial charge in [0.1, 0.15) is 11.9 Å². The van der Waals surface area contributed by atoms with Crippen molar-refractivity contribution in [2.45, 2.75) is 57.5 Å². The number of fused-ring (bicyclic) bond motifs is 1. The van der Waals surface area contributed by atoms with E-state index in [1.807, 2.05) is 13.8 Å². The fourth-order valence-electron chi connectivity index (χ4n) is 6.15. The Morgan fingerprint density at radius 1 is 1.30 bits per heavy atom. The van der Waals surface area contributed by atoms with Crippen molar-refractivity contribution in [3.63, 3.8) is 0 Å². The van der Waals surface area contributed by atoms with Crippen LogP contribution in [0, 0.1) is 22.2 Å². The Labute approximate surface area is 117 Å². The predicted molar refractivity (Wildman–Crippen MR) is 68.5 cm³/mol. The molecule has 0 radical (unpaired) electrons. The number of carbonyl (C=O) groups excluding carboxylic acids is 1. The van der Waals surface area contributed by atoms with Gasteiger partial charge in [-0.25, -0.2) is 0 Å². The highest BCUT2D eigenvalue weighted by atomic mass is 16.6. The lowest BCUT2D eigenvalue weighted by Gasteiger charge is -2.69. The number of aliphatic hydroxyl groups is 3.